The molecule has 7 heteroatoms. The molecule has 0 aliphatic rings. The van der Waals surface area contributed by atoms with Gasteiger partial charge in [0.05, 0.1) is 12.7 Å². The molecule has 0 spiro atoms. The lowest BCUT2D eigenvalue weighted by atomic mass is 10.1. The third kappa shape index (κ3) is 1.80. The van der Waals surface area contributed by atoms with Gasteiger partial charge in [-0.3, -0.25) is 4.40 Å². The highest BCUT2D eigenvalue weighted by molar-refractivity contribution is 6.32. The van der Waals surface area contributed by atoms with Crippen LogP contribution in [0.2, 0.25) is 5.15 Å². The molecule has 96 valence electrons. The molecule has 19 heavy (non-hydrogen) atoms. The summed E-state index contributed by atoms with van der Waals surface area (Å²) < 4.78 is 20.7. The van der Waals surface area contributed by atoms with Crippen LogP contribution < -0.4 is 4.74 Å². The molecular weight excluding hydrogens is 271 g/mol. The fourth-order valence-electron chi connectivity index (χ4n) is 1.86. The molecule has 3 rings (SSSR count). The molecule has 0 atom stereocenters. The molecule has 2 aromatic heterocycles. The summed E-state index contributed by atoms with van der Waals surface area (Å²) in [5.74, 6) is 0.248. The Morgan fingerprint density at radius 2 is 2.16 bits per heavy atom. The van der Waals surface area contributed by atoms with E-state index in [4.69, 9.17) is 16.3 Å². The topological polar surface area (TPSA) is 52.3 Å². The number of nitrogens with zero attached hydrogens (tertiary/aromatic N) is 4. The first kappa shape index (κ1) is 11.9. The minimum absolute atomic E-state index is 0.205. The van der Waals surface area contributed by atoms with E-state index in [0.29, 0.717) is 17.2 Å². The van der Waals surface area contributed by atoms with Crippen molar-refractivity contribution in [2.75, 3.05) is 7.11 Å². The summed E-state index contributed by atoms with van der Waals surface area (Å²) in [4.78, 5) is 3.90. The number of aromatic nitrogens is 4. The Morgan fingerprint density at radius 1 is 1.32 bits per heavy atom. The molecule has 1 aromatic carbocycles. The molecule has 0 unspecified atom stereocenters. The predicted molar refractivity (Wildman–Crippen MR) is 67.7 cm³/mol. The zero-order valence-electron chi connectivity index (χ0n) is 9.84. The van der Waals surface area contributed by atoms with E-state index in [1.54, 1.807) is 22.7 Å². The van der Waals surface area contributed by atoms with E-state index in [0.717, 1.165) is 0 Å². The first-order chi connectivity index (χ1) is 9.22. The fourth-order valence-corrected chi connectivity index (χ4v) is 2.04. The smallest absolute Gasteiger partial charge is 0.198 e. The number of rotatable bonds is 2. The van der Waals surface area contributed by atoms with Gasteiger partial charge in [0.25, 0.3) is 0 Å². The number of benzene rings is 1. The van der Waals surface area contributed by atoms with Crippen LogP contribution >= 0.6 is 11.6 Å². The quantitative estimate of drug-likeness (QED) is 0.723. The minimum Gasteiger partial charge on any atom is -0.496 e. The van der Waals surface area contributed by atoms with E-state index in [-0.39, 0.29) is 10.7 Å². The van der Waals surface area contributed by atoms with E-state index in [2.05, 4.69) is 15.2 Å². The van der Waals surface area contributed by atoms with Crippen molar-refractivity contribution >= 4 is 17.2 Å². The second kappa shape index (κ2) is 4.47. The third-order valence-electron chi connectivity index (χ3n) is 2.70. The van der Waals surface area contributed by atoms with Crippen LogP contribution in [0, 0.1) is 5.82 Å². The van der Waals surface area contributed by atoms with Crippen LogP contribution in [0.4, 0.5) is 4.39 Å². The molecular formula is C12H8ClFN4O. The van der Waals surface area contributed by atoms with Crippen LogP contribution in [0.15, 0.2) is 30.6 Å². The normalized spacial score (nSPS) is 10.9. The summed E-state index contributed by atoms with van der Waals surface area (Å²) in [5.41, 5.74) is 0.601. The number of methoxy groups -OCH3 is 1. The molecule has 0 aliphatic carbocycles. The molecule has 0 aliphatic heterocycles. The van der Waals surface area contributed by atoms with Gasteiger partial charge in [-0.2, -0.15) is 0 Å². The Labute approximate surface area is 112 Å². The molecule has 0 N–H and O–H groups in total. The predicted octanol–water partition coefficient (Wildman–Crippen LogP) is 2.59. The SMILES string of the molecule is COc1cccc(F)c1-c1nnc2c(Cl)nccn12. The van der Waals surface area contributed by atoms with Crippen molar-refractivity contribution in [3.05, 3.63) is 41.6 Å². The second-order valence-electron chi connectivity index (χ2n) is 3.75. The first-order valence-corrected chi connectivity index (χ1v) is 5.78. The average Bonchev–Trinajstić information content (AvgIpc) is 2.83. The van der Waals surface area contributed by atoms with Crippen molar-refractivity contribution in [2.45, 2.75) is 0 Å². The summed E-state index contributed by atoms with van der Waals surface area (Å²) in [6.07, 6.45) is 3.11. The zero-order chi connectivity index (χ0) is 13.4. The summed E-state index contributed by atoms with van der Waals surface area (Å²) in [7, 11) is 1.47. The van der Waals surface area contributed by atoms with Crippen LogP contribution in [-0.2, 0) is 0 Å². The van der Waals surface area contributed by atoms with Crippen LogP contribution in [0.25, 0.3) is 17.0 Å². The highest BCUT2D eigenvalue weighted by Crippen LogP contribution is 2.31. The van der Waals surface area contributed by atoms with Crippen LogP contribution in [-0.4, -0.2) is 26.7 Å². The monoisotopic (exact) mass is 278 g/mol. The Kier molecular flexibility index (Phi) is 2.79. The summed E-state index contributed by atoms with van der Waals surface area (Å²) in [5, 5.41) is 8.08. The molecule has 0 radical (unpaired) electrons. The Hall–Kier alpha value is -2.21. The number of fused-ring (bicyclic) bond motifs is 1. The van der Waals surface area contributed by atoms with Crippen molar-refractivity contribution < 1.29 is 9.13 Å². The van der Waals surface area contributed by atoms with E-state index in [1.165, 1.54) is 19.4 Å². The van der Waals surface area contributed by atoms with E-state index in [1.807, 2.05) is 0 Å². The van der Waals surface area contributed by atoms with E-state index >= 15 is 0 Å². The minimum atomic E-state index is -0.443. The highest BCUT2D eigenvalue weighted by atomic mass is 35.5. The van der Waals surface area contributed by atoms with E-state index < -0.39 is 5.82 Å². The molecule has 0 saturated carbocycles. The van der Waals surface area contributed by atoms with Gasteiger partial charge in [0.15, 0.2) is 16.6 Å². The molecule has 0 fully saturated rings. The first-order valence-electron chi connectivity index (χ1n) is 5.40. The summed E-state index contributed by atoms with van der Waals surface area (Å²) in [6, 6.07) is 4.55. The lowest BCUT2D eigenvalue weighted by molar-refractivity contribution is 0.413. The number of hydrogen-bond donors (Lipinski definition) is 0. The third-order valence-corrected chi connectivity index (χ3v) is 2.97. The molecule has 5 nitrogen and oxygen atoms in total. The molecule has 0 amide bonds. The fraction of sp³-hybridized carbons (Fsp3) is 0.0833. The maximum absolute atomic E-state index is 14.0. The summed E-state index contributed by atoms with van der Waals surface area (Å²) >= 11 is 5.91. The number of halogens is 2. The van der Waals surface area contributed by atoms with Gasteiger partial charge in [0.1, 0.15) is 11.6 Å². The van der Waals surface area contributed by atoms with Crippen LogP contribution in [0.1, 0.15) is 0 Å². The highest BCUT2D eigenvalue weighted by Gasteiger charge is 2.18. The standard InChI is InChI=1S/C12H8ClFN4O/c1-19-8-4-2-3-7(14)9(8)11-16-17-12-10(13)15-5-6-18(11)12/h2-6H,1H3. The van der Waals surface area contributed by atoms with Crippen molar-refractivity contribution in [3.63, 3.8) is 0 Å². The lowest BCUT2D eigenvalue weighted by Crippen LogP contribution is -1.96. The Balaban J connectivity index is 2.34. The van der Waals surface area contributed by atoms with Gasteiger partial charge in [-0.15, -0.1) is 10.2 Å². The lowest BCUT2D eigenvalue weighted by Gasteiger charge is -2.07. The average molecular weight is 279 g/mol. The van der Waals surface area contributed by atoms with Crippen molar-refractivity contribution in [1.29, 1.82) is 0 Å². The molecule has 3 aromatic rings. The van der Waals surface area contributed by atoms with Crippen molar-refractivity contribution in [1.82, 2.24) is 19.6 Å². The Bertz CT molecular complexity index is 759. The zero-order valence-corrected chi connectivity index (χ0v) is 10.6. The van der Waals surface area contributed by atoms with Gasteiger partial charge in [0.2, 0.25) is 0 Å². The van der Waals surface area contributed by atoms with Crippen LogP contribution in [0.3, 0.4) is 0 Å². The van der Waals surface area contributed by atoms with Gasteiger partial charge >= 0.3 is 0 Å². The number of ether oxygens (including phenoxy) is 1. The Morgan fingerprint density at radius 3 is 2.95 bits per heavy atom. The largest absolute Gasteiger partial charge is 0.496 e. The number of hydrogen-bond acceptors (Lipinski definition) is 4. The van der Waals surface area contributed by atoms with Crippen molar-refractivity contribution in [2.24, 2.45) is 0 Å². The van der Waals surface area contributed by atoms with Gasteiger partial charge in [0, 0.05) is 12.4 Å². The second-order valence-corrected chi connectivity index (χ2v) is 4.11. The van der Waals surface area contributed by atoms with E-state index in [9.17, 15) is 4.39 Å². The van der Waals surface area contributed by atoms with Gasteiger partial charge < -0.3 is 4.74 Å². The van der Waals surface area contributed by atoms with Crippen molar-refractivity contribution in [3.8, 4) is 17.1 Å². The van der Waals surface area contributed by atoms with Gasteiger partial charge in [-0.05, 0) is 12.1 Å². The maximum atomic E-state index is 14.0. The molecule has 2 heterocycles. The summed E-state index contributed by atoms with van der Waals surface area (Å²) in [6.45, 7) is 0. The van der Waals surface area contributed by atoms with Gasteiger partial charge in [-0.1, -0.05) is 17.7 Å². The molecule has 0 saturated heterocycles. The maximum Gasteiger partial charge on any atom is 0.198 e. The van der Waals surface area contributed by atoms with Crippen LogP contribution in [0.5, 0.6) is 5.75 Å². The van der Waals surface area contributed by atoms with Gasteiger partial charge in [-0.25, -0.2) is 9.37 Å². The molecule has 0 bridgehead atoms.